The number of thiazole rings is 1. The van der Waals surface area contributed by atoms with Crippen LogP contribution in [0.2, 0.25) is 0 Å². The van der Waals surface area contributed by atoms with E-state index in [1.54, 1.807) is 22.7 Å². The van der Waals surface area contributed by atoms with E-state index in [0.717, 1.165) is 20.1 Å². The monoisotopic (exact) mass is 373 g/mol. The van der Waals surface area contributed by atoms with Gasteiger partial charge in [-0.1, -0.05) is 0 Å². The summed E-state index contributed by atoms with van der Waals surface area (Å²) in [6.07, 6.45) is 0.333. The zero-order valence-electron chi connectivity index (χ0n) is 11.3. The van der Waals surface area contributed by atoms with E-state index in [1.807, 2.05) is 30.8 Å². The number of carbonyl (C=O) groups excluding carboxylic acids is 1. The molecule has 0 aliphatic rings. The molecule has 0 fully saturated rings. The summed E-state index contributed by atoms with van der Waals surface area (Å²) in [6.45, 7) is 2.65. The van der Waals surface area contributed by atoms with Gasteiger partial charge >= 0.3 is 0 Å². The van der Waals surface area contributed by atoms with Gasteiger partial charge in [0.15, 0.2) is 0 Å². The van der Waals surface area contributed by atoms with E-state index in [-0.39, 0.29) is 11.9 Å². The molecule has 2 rings (SSSR count). The number of amides is 1. The summed E-state index contributed by atoms with van der Waals surface area (Å²) < 4.78 is 1.06. The van der Waals surface area contributed by atoms with Gasteiger partial charge in [-0.25, -0.2) is 4.98 Å². The fourth-order valence-corrected chi connectivity index (χ4v) is 3.85. The first-order valence-electron chi connectivity index (χ1n) is 6.21. The lowest BCUT2D eigenvalue weighted by atomic mass is 10.3. The Morgan fingerprint density at radius 1 is 1.45 bits per heavy atom. The largest absolute Gasteiger partial charge is 0.354 e. The minimum atomic E-state index is 0.0105. The number of rotatable bonds is 6. The second-order valence-electron chi connectivity index (χ2n) is 4.44. The molecule has 0 aromatic carbocycles. The number of halogens is 1. The fraction of sp³-hybridized carbons (Fsp3) is 0.385. The lowest BCUT2D eigenvalue weighted by Gasteiger charge is -2.10. The van der Waals surface area contributed by atoms with Gasteiger partial charge in [-0.15, -0.1) is 22.7 Å². The molecular weight excluding hydrogens is 358 g/mol. The minimum absolute atomic E-state index is 0.0105. The Hall–Kier alpha value is -0.760. The second kappa shape index (κ2) is 7.31. The zero-order chi connectivity index (χ0) is 14.5. The normalized spacial score (nSPS) is 12.3. The average Bonchev–Trinajstić information content (AvgIpc) is 3.05. The Morgan fingerprint density at radius 2 is 2.25 bits per heavy atom. The van der Waals surface area contributed by atoms with Crippen molar-refractivity contribution < 1.29 is 4.79 Å². The van der Waals surface area contributed by atoms with E-state index in [2.05, 4.69) is 31.5 Å². The molecule has 0 bridgehead atoms. The van der Waals surface area contributed by atoms with Gasteiger partial charge in [0.05, 0.1) is 17.0 Å². The molecule has 0 saturated carbocycles. The van der Waals surface area contributed by atoms with Gasteiger partial charge < -0.3 is 10.6 Å². The molecule has 0 saturated heterocycles. The van der Waals surface area contributed by atoms with E-state index in [9.17, 15) is 4.79 Å². The van der Waals surface area contributed by atoms with Crippen molar-refractivity contribution in [3.05, 3.63) is 27.0 Å². The zero-order valence-corrected chi connectivity index (χ0v) is 14.5. The predicted molar refractivity (Wildman–Crippen MR) is 88.4 cm³/mol. The fourth-order valence-electron chi connectivity index (χ4n) is 1.52. The molecule has 0 spiro atoms. The van der Waals surface area contributed by atoms with E-state index in [0.29, 0.717) is 13.0 Å². The highest BCUT2D eigenvalue weighted by Crippen LogP contribution is 2.31. The van der Waals surface area contributed by atoms with Gasteiger partial charge in [0.25, 0.3) is 0 Å². The van der Waals surface area contributed by atoms with Crippen LogP contribution in [0.4, 0.5) is 0 Å². The summed E-state index contributed by atoms with van der Waals surface area (Å²) in [6, 6.07) is 2.32. The number of thiophene rings is 1. The Morgan fingerprint density at radius 3 is 2.90 bits per heavy atom. The Kier molecular flexibility index (Phi) is 5.71. The topological polar surface area (TPSA) is 54.0 Å². The Labute approximate surface area is 134 Å². The summed E-state index contributed by atoms with van der Waals surface area (Å²) >= 11 is 6.65. The van der Waals surface area contributed by atoms with Crippen LogP contribution < -0.4 is 10.6 Å². The third-order valence-electron chi connectivity index (χ3n) is 2.77. The highest BCUT2D eigenvalue weighted by molar-refractivity contribution is 9.10. The van der Waals surface area contributed by atoms with Crippen LogP contribution in [-0.2, 0) is 11.2 Å². The molecule has 2 heterocycles. The van der Waals surface area contributed by atoms with E-state index in [4.69, 9.17) is 0 Å². The third kappa shape index (κ3) is 4.37. The van der Waals surface area contributed by atoms with Crippen LogP contribution in [0.25, 0.3) is 9.88 Å². The van der Waals surface area contributed by atoms with Crippen molar-refractivity contribution in [1.29, 1.82) is 0 Å². The molecule has 20 heavy (non-hydrogen) atoms. The predicted octanol–water partition coefficient (Wildman–Crippen LogP) is 2.90. The van der Waals surface area contributed by atoms with Crippen LogP contribution in [0.15, 0.2) is 21.3 Å². The maximum atomic E-state index is 11.8. The van der Waals surface area contributed by atoms with Crippen molar-refractivity contribution in [3.8, 4) is 9.88 Å². The molecule has 4 nitrogen and oxygen atoms in total. The molecule has 0 radical (unpaired) electrons. The number of carbonyl (C=O) groups is 1. The number of nitrogens with one attached hydrogen (secondary N) is 2. The first-order chi connectivity index (χ1) is 9.58. The number of aromatic nitrogens is 1. The molecule has 7 heteroatoms. The van der Waals surface area contributed by atoms with Crippen LogP contribution in [0.5, 0.6) is 0 Å². The number of nitrogens with zero attached hydrogens (tertiary/aromatic N) is 1. The van der Waals surface area contributed by atoms with E-state index in [1.165, 1.54) is 0 Å². The maximum absolute atomic E-state index is 11.8. The first kappa shape index (κ1) is 15.6. The Bertz CT molecular complexity index is 582. The summed E-state index contributed by atoms with van der Waals surface area (Å²) in [5.41, 5.74) is 0.823. The quantitative estimate of drug-likeness (QED) is 0.818. The molecule has 0 aliphatic heterocycles. The van der Waals surface area contributed by atoms with Gasteiger partial charge in [0, 0.05) is 27.8 Å². The van der Waals surface area contributed by atoms with Crippen molar-refractivity contribution >= 4 is 44.5 Å². The van der Waals surface area contributed by atoms with Gasteiger partial charge in [0.2, 0.25) is 5.91 Å². The van der Waals surface area contributed by atoms with Crippen molar-refractivity contribution in [1.82, 2.24) is 15.6 Å². The molecule has 2 aromatic heterocycles. The molecule has 1 atom stereocenters. The van der Waals surface area contributed by atoms with Gasteiger partial charge in [0.1, 0.15) is 5.01 Å². The molecule has 1 amide bonds. The second-order valence-corrected chi connectivity index (χ2v) is 7.13. The highest BCUT2D eigenvalue weighted by Gasteiger charge is 2.10. The molecule has 2 aromatic rings. The number of hydrogen-bond acceptors (Lipinski definition) is 5. The highest BCUT2D eigenvalue weighted by atomic mass is 79.9. The molecule has 108 valence electrons. The standard InChI is InChI=1S/C13H16BrN3OS2/c1-8(15-2)5-16-12(18)4-10-7-20-13(17-10)11-3-9(14)6-19-11/h3,6-8,15H,4-5H2,1-2H3,(H,16,18). The number of hydrogen-bond donors (Lipinski definition) is 2. The summed E-state index contributed by atoms with van der Waals surface area (Å²) in [4.78, 5) is 17.4. The summed E-state index contributed by atoms with van der Waals surface area (Å²) in [5, 5.41) is 10.9. The van der Waals surface area contributed by atoms with Crippen molar-refractivity contribution in [2.75, 3.05) is 13.6 Å². The minimum Gasteiger partial charge on any atom is -0.354 e. The van der Waals surface area contributed by atoms with Gasteiger partial charge in [-0.2, -0.15) is 0 Å². The lowest BCUT2D eigenvalue weighted by Crippen LogP contribution is -2.37. The van der Waals surface area contributed by atoms with E-state index < -0.39 is 0 Å². The molecular formula is C13H16BrN3OS2. The van der Waals surface area contributed by atoms with Crippen molar-refractivity contribution in [3.63, 3.8) is 0 Å². The Balaban J connectivity index is 1.91. The van der Waals surface area contributed by atoms with Crippen LogP contribution in [0.3, 0.4) is 0 Å². The van der Waals surface area contributed by atoms with Crippen molar-refractivity contribution in [2.45, 2.75) is 19.4 Å². The van der Waals surface area contributed by atoms with Gasteiger partial charge in [-0.05, 0) is 36.0 Å². The summed E-state index contributed by atoms with van der Waals surface area (Å²) in [7, 11) is 1.88. The maximum Gasteiger partial charge on any atom is 0.226 e. The molecule has 1 unspecified atom stereocenters. The van der Waals surface area contributed by atoms with Crippen molar-refractivity contribution in [2.24, 2.45) is 0 Å². The third-order valence-corrected chi connectivity index (χ3v) is 5.52. The SMILES string of the molecule is CNC(C)CNC(=O)Cc1csc(-c2cc(Br)cs2)n1. The van der Waals surface area contributed by atoms with Crippen LogP contribution in [-0.4, -0.2) is 30.5 Å². The van der Waals surface area contributed by atoms with Gasteiger partial charge in [-0.3, -0.25) is 4.79 Å². The van der Waals surface area contributed by atoms with E-state index >= 15 is 0 Å². The molecule has 0 aliphatic carbocycles. The lowest BCUT2D eigenvalue weighted by molar-refractivity contribution is -0.120. The smallest absolute Gasteiger partial charge is 0.226 e. The van der Waals surface area contributed by atoms with Crippen LogP contribution in [0, 0.1) is 0 Å². The van der Waals surface area contributed by atoms with Crippen LogP contribution >= 0.6 is 38.6 Å². The average molecular weight is 374 g/mol. The van der Waals surface area contributed by atoms with Crippen LogP contribution in [0.1, 0.15) is 12.6 Å². The first-order valence-corrected chi connectivity index (χ1v) is 8.76. The number of likely N-dealkylation sites (N-methyl/N-ethyl adjacent to an activating group) is 1. The summed E-state index contributed by atoms with van der Waals surface area (Å²) in [5.74, 6) is 0.0105. The molecule has 2 N–H and O–H groups in total.